The first kappa shape index (κ1) is 12.2. The standard InChI is InChI=1S/C16H15NO/c1-12-3-5-13(6-4-12)16(11-17)14-7-9-15(18-2)10-8-14/h3-10,16H,1-2H3. The van der Waals surface area contributed by atoms with Gasteiger partial charge in [-0.05, 0) is 30.2 Å². The Hall–Kier alpha value is -2.27. The van der Waals surface area contributed by atoms with Crippen molar-refractivity contribution < 1.29 is 4.74 Å². The zero-order valence-corrected chi connectivity index (χ0v) is 10.6. The molecule has 18 heavy (non-hydrogen) atoms. The molecule has 0 aliphatic heterocycles. The lowest BCUT2D eigenvalue weighted by Crippen LogP contribution is -1.98. The van der Waals surface area contributed by atoms with Crippen LogP contribution in [0.1, 0.15) is 22.6 Å². The van der Waals surface area contributed by atoms with Crippen LogP contribution in [0, 0.1) is 18.3 Å². The molecule has 90 valence electrons. The van der Waals surface area contributed by atoms with Gasteiger partial charge in [-0.25, -0.2) is 0 Å². The van der Waals surface area contributed by atoms with Crippen molar-refractivity contribution in [2.75, 3.05) is 7.11 Å². The van der Waals surface area contributed by atoms with Crippen molar-refractivity contribution in [3.63, 3.8) is 0 Å². The molecule has 1 atom stereocenters. The maximum absolute atomic E-state index is 9.35. The van der Waals surface area contributed by atoms with Crippen molar-refractivity contribution in [2.24, 2.45) is 0 Å². The fourth-order valence-corrected chi connectivity index (χ4v) is 1.90. The van der Waals surface area contributed by atoms with Gasteiger partial charge in [-0.3, -0.25) is 0 Å². The van der Waals surface area contributed by atoms with Crippen LogP contribution >= 0.6 is 0 Å². The summed E-state index contributed by atoms with van der Waals surface area (Å²) in [5.74, 6) is 0.579. The van der Waals surface area contributed by atoms with E-state index in [-0.39, 0.29) is 5.92 Å². The van der Waals surface area contributed by atoms with Crippen molar-refractivity contribution in [1.29, 1.82) is 5.26 Å². The summed E-state index contributed by atoms with van der Waals surface area (Å²) < 4.78 is 5.12. The third-order valence-corrected chi connectivity index (χ3v) is 2.99. The molecule has 0 bridgehead atoms. The zero-order valence-electron chi connectivity index (χ0n) is 10.6. The second-order valence-corrected chi connectivity index (χ2v) is 4.25. The summed E-state index contributed by atoms with van der Waals surface area (Å²) in [7, 11) is 1.64. The first-order chi connectivity index (χ1) is 8.74. The topological polar surface area (TPSA) is 33.0 Å². The second kappa shape index (κ2) is 5.37. The maximum atomic E-state index is 9.35. The van der Waals surface area contributed by atoms with Gasteiger partial charge in [-0.15, -0.1) is 0 Å². The lowest BCUT2D eigenvalue weighted by Gasteiger charge is -2.11. The van der Waals surface area contributed by atoms with E-state index < -0.39 is 0 Å². The Bertz CT molecular complexity index is 549. The molecule has 0 N–H and O–H groups in total. The third-order valence-electron chi connectivity index (χ3n) is 2.99. The predicted octanol–water partition coefficient (Wildman–Crippen LogP) is 3.66. The predicted molar refractivity (Wildman–Crippen MR) is 71.6 cm³/mol. The first-order valence-electron chi connectivity index (χ1n) is 5.84. The number of hydrogen-bond donors (Lipinski definition) is 0. The fourth-order valence-electron chi connectivity index (χ4n) is 1.90. The normalized spacial score (nSPS) is 11.6. The largest absolute Gasteiger partial charge is 0.497 e. The van der Waals surface area contributed by atoms with Crippen molar-refractivity contribution in [2.45, 2.75) is 12.8 Å². The maximum Gasteiger partial charge on any atom is 0.118 e. The Balaban J connectivity index is 2.33. The van der Waals surface area contributed by atoms with Gasteiger partial charge in [-0.1, -0.05) is 42.0 Å². The van der Waals surface area contributed by atoms with Crippen molar-refractivity contribution >= 4 is 0 Å². The van der Waals surface area contributed by atoms with Gasteiger partial charge >= 0.3 is 0 Å². The average molecular weight is 237 g/mol. The van der Waals surface area contributed by atoms with Gasteiger partial charge in [0.1, 0.15) is 5.75 Å². The molecule has 2 rings (SSSR count). The molecule has 0 aromatic heterocycles. The fraction of sp³-hybridized carbons (Fsp3) is 0.188. The van der Waals surface area contributed by atoms with Gasteiger partial charge < -0.3 is 4.74 Å². The van der Waals surface area contributed by atoms with Crippen LogP contribution in [-0.4, -0.2) is 7.11 Å². The Morgan fingerprint density at radius 3 is 1.89 bits per heavy atom. The van der Waals surface area contributed by atoms with Crippen LogP contribution < -0.4 is 4.74 Å². The third kappa shape index (κ3) is 2.52. The Morgan fingerprint density at radius 1 is 0.944 bits per heavy atom. The molecule has 0 radical (unpaired) electrons. The molecule has 0 saturated heterocycles. The van der Waals surface area contributed by atoms with Crippen LogP contribution in [0.2, 0.25) is 0 Å². The van der Waals surface area contributed by atoms with E-state index in [4.69, 9.17) is 4.74 Å². The van der Waals surface area contributed by atoms with E-state index in [2.05, 4.69) is 6.07 Å². The summed E-state index contributed by atoms with van der Waals surface area (Å²) in [6, 6.07) is 18.1. The first-order valence-corrected chi connectivity index (χ1v) is 5.84. The monoisotopic (exact) mass is 237 g/mol. The number of aryl methyl sites for hydroxylation is 1. The van der Waals surface area contributed by atoms with E-state index >= 15 is 0 Å². The molecule has 0 fully saturated rings. The van der Waals surface area contributed by atoms with Gasteiger partial charge in [0.05, 0.1) is 19.1 Å². The number of nitriles is 1. The van der Waals surface area contributed by atoms with Gasteiger partial charge in [0.25, 0.3) is 0 Å². The van der Waals surface area contributed by atoms with Crippen LogP contribution in [0.4, 0.5) is 0 Å². The van der Waals surface area contributed by atoms with Gasteiger partial charge in [0.2, 0.25) is 0 Å². The lowest BCUT2D eigenvalue weighted by atomic mass is 9.92. The highest BCUT2D eigenvalue weighted by molar-refractivity contribution is 5.40. The van der Waals surface area contributed by atoms with Crippen LogP contribution in [0.15, 0.2) is 48.5 Å². The molecule has 2 nitrogen and oxygen atoms in total. The molecule has 2 aromatic carbocycles. The minimum absolute atomic E-state index is 0.225. The SMILES string of the molecule is COc1ccc(C(C#N)c2ccc(C)cc2)cc1. The molecule has 2 heteroatoms. The van der Waals surface area contributed by atoms with Crippen LogP contribution in [0.25, 0.3) is 0 Å². The highest BCUT2D eigenvalue weighted by Gasteiger charge is 2.12. The Morgan fingerprint density at radius 2 is 1.44 bits per heavy atom. The molecular weight excluding hydrogens is 222 g/mol. The van der Waals surface area contributed by atoms with Crippen molar-refractivity contribution in [3.8, 4) is 11.8 Å². The highest BCUT2D eigenvalue weighted by Crippen LogP contribution is 2.25. The summed E-state index contributed by atoms with van der Waals surface area (Å²) in [5.41, 5.74) is 3.21. The summed E-state index contributed by atoms with van der Waals surface area (Å²) in [6.07, 6.45) is 0. The average Bonchev–Trinajstić information content (AvgIpc) is 2.42. The molecule has 0 amide bonds. The van der Waals surface area contributed by atoms with Crippen LogP contribution in [0.3, 0.4) is 0 Å². The minimum atomic E-state index is -0.225. The lowest BCUT2D eigenvalue weighted by molar-refractivity contribution is 0.414. The smallest absolute Gasteiger partial charge is 0.118 e. The van der Waals surface area contributed by atoms with Crippen LogP contribution in [-0.2, 0) is 0 Å². The highest BCUT2D eigenvalue weighted by atomic mass is 16.5. The zero-order chi connectivity index (χ0) is 13.0. The van der Waals surface area contributed by atoms with Gasteiger partial charge in [0.15, 0.2) is 0 Å². The van der Waals surface area contributed by atoms with Crippen molar-refractivity contribution in [3.05, 3.63) is 65.2 Å². The summed E-state index contributed by atoms with van der Waals surface area (Å²) in [4.78, 5) is 0. The summed E-state index contributed by atoms with van der Waals surface area (Å²) >= 11 is 0. The van der Waals surface area contributed by atoms with E-state index in [1.807, 2.05) is 55.5 Å². The number of benzene rings is 2. The molecular formula is C16H15NO. The number of nitrogens with zero attached hydrogens (tertiary/aromatic N) is 1. The molecule has 2 aromatic rings. The minimum Gasteiger partial charge on any atom is -0.497 e. The number of methoxy groups -OCH3 is 1. The van der Waals surface area contributed by atoms with Gasteiger partial charge in [-0.2, -0.15) is 5.26 Å². The van der Waals surface area contributed by atoms with E-state index in [1.165, 1.54) is 5.56 Å². The van der Waals surface area contributed by atoms with E-state index in [9.17, 15) is 5.26 Å². The quantitative estimate of drug-likeness (QED) is 0.816. The van der Waals surface area contributed by atoms with E-state index in [1.54, 1.807) is 7.11 Å². The van der Waals surface area contributed by atoms with Gasteiger partial charge in [0, 0.05) is 0 Å². The number of hydrogen-bond acceptors (Lipinski definition) is 2. The molecule has 0 spiro atoms. The van der Waals surface area contributed by atoms with Crippen molar-refractivity contribution in [1.82, 2.24) is 0 Å². The van der Waals surface area contributed by atoms with Crippen LogP contribution in [0.5, 0.6) is 5.75 Å². The summed E-state index contributed by atoms with van der Waals surface area (Å²) in [5, 5.41) is 9.35. The molecule has 0 saturated carbocycles. The Labute approximate surface area is 107 Å². The molecule has 1 unspecified atom stereocenters. The summed E-state index contributed by atoms with van der Waals surface area (Å²) in [6.45, 7) is 2.04. The second-order valence-electron chi connectivity index (χ2n) is 4.25. The number of rotatable bonds is 3. The van der Waals surface area contributed by atoms with E-state index in [0.29, 0.717) is 0 Å². The van der Waals surface area contributed by atoms with E-state index in [0.717, 1.165) is 16.9 Å². The molecule has 0 aliphatic carbocycles. The Kier molecular flexibility index (Phi) is 3.64. The molecule has 0 aliphatic rings. The molecule has 0 heterocycles. The number of ether oxygens (including phenoxy) is 1.